The fraction of sp³-hybridized carbons (Fsp3) is 0.381. The molecule has 2 aromatic carbocycles. The number of methoxy groups -OCH3 is 1. The number of ether oxygens (including phenoxy) is 1. The second kappa shape index (κ2) is 10.6. The molecule has 0 saturated heterocycles. The predicted molar refractivity (Wildman–Crippen MR) is 98.7 cm³/mol. The van der Waals surface area contributed by atoms with Gasteiger partial charge in [0.05, 0.1) is 12.5 Å². The molecule has 0 aliphatic carbocycles. The number of aryl methyl sites for hydroxylation is 2. The Labute approximate surface area is 145 Å². The van der Waals surface area contributed by atoms with Crippen LogP contribution in [0.4, 0.5) is 4.39 Å². The van der Waals surface area contributed by atoms with Crippen LogP contribution < -0.4 is 0 Å². The summed E-state index contributed by atoms with van der Waals surface area (Å²) in [4.78, 5) is 11.5. The number of hydrogen-bond acceptors (Lipinski definition) is 2. The first-order chi connectivity index (χ1) is 11.3. The molecule has 0 atom stereocenters. The molecule has 0 spiro atoms. The minimum absolute atomic E-state index is 0.301. The van der Waals surface area contributed by atoms with Crippen LogP contribution in [0.3, 0.4) is 0 Å². The Kier molecular flexibility index (Phi) is 9.63. The number of esters is 1. The summed E-state index contributed by atoms with van der Waals surface area (Å²) in [5, 5.41) is 0. The van der Waals surface area contributed by atoms with Gasteiger partial charge in [-0.15, -0.1) is 0 Å². The predicted octanol–water partition coefficient (Wildman–Crippen LogP) is 5.61. The van der Waals surface area contributed by atoms with Crippen molar-refractivity contribution in [2.24, 2.45) is 0 Å². The topological polar surface area (TPSA) is 26.3 Å². The standard InChI is InChI=1S/C12H15FO2.C7H8.C2H6/c1-8-5-6-9(7-10(8)13)12(2,3)11(14)15-4;1-7-5-3-2-4-6-7;1-2/h5-7H,1-4H3;2-6H,1H3;1-2H3. The summed E-state index contributed by atoms with van der Waals surface area (Å²) in [6.07, 6.45) is 0. The van der Waals surface area contributed by atoms with E-state index in [-0.39, 0.29) is 11.8 Å². The van der Waals surface area contributed by atoms with Crippen molar-refractivity contribution < 1.29 is 13.9 Å². The molecule has 0 fully saturated rings. The van der Waals surface area contributed by atoms with E-state index in [2.05, 4.69) is 23.8 Å². The van der Waals surface area contributed by atoms with Crippen molar-refractivity contribution in [2.75, 3.05) is 7.11 Å². The number of halogens is 1. The van der Waals surface area contributed by atoms with Gasteiger partial charge in [0.2, 0.25) is 0 Å². The van der Waals surface area contributed by atoms with Crippen LogP contribution in [0.25, 0.3) is 0 Å². The van der Waals surface area contributed by atoms with Crippen LogP contribution in [0.2, 0.25) is 0 Å². The SMILES string of the molecule is CC.COC(=O)C(C)(C)c1ccc(C)c(F)c1.Cc1ccccc1. The summed E-state index contributed by atoms with van der Waals surface area (Å²) in [6, 6.07) is 15.1. The van der Waals surface area contributed by atoms with Gasteiger partial charge in [-0.3, -0.25) is 4.79 Å². The largest absolute Gasteiger partial charge is 0.468 e. The first-order valence-electron chi connectivity index (χ1n) is 8.15. The molecular weight excluding hydrogens is 303 g/mol. The number of hydrogen-bond donors (Lipinski definition) is 0. The maximum absolute atomic E-state index is 13.3. The molecule has 0 radical (unpaired) electrons. The zero-order valence-electron chi connectivity index (χ0n) is 15.8. The van der Waals surface area contributed by atoms with Gasteiger partial charge in [0, 0.05) is 0 Å². The van der Waals surface area contributed by atoms with E-state index in [1.807, 2.05) is 32.0 Å². The lowest BCUT2D eigenvalue weighted by atomic mass is 9.84. The molecule has 0 saturated carbocycles. The Bertz CT molecular complexity index is 619. The van der Waals surface area contributed by atoms with Crippen LogP contribution >= 0.6 is 0 Å². The molecule has 0 aliphatic rings. The van der Waals surface area contributed by atoms with Crippen molar-refractivity contribution in [3.8, 4) is 0 Å². The molecule has 24 heavy (non-hydrogen) atoms. The van der Waals surface area contributed by atoms with Crippen LogP contribution in [0.1, 0.15) is 44.4 Å². The summed E-state index contributed by atoms with van der Waals surface area (Å²) in [5.41, 5.74) is 1.70. The quantitative estimate of drug-likeness (QED) is 0.669. The van der Waals surface area contributed by atoms with Gasteiger partial charge >= 0.3 is 5.97 Å². The first-order valence-corrected chi connectivity index (χ1v) is 8.15. The van der Waals surface area contributed by atoms with Crippen LogP contribution in [0.5, 0.6) is 0 Å². The highest BCUT2D eigenvalue weighted by atomic mass is 19.1. The molecule has 3 heteroatoms. The van der Waals surface area contributed by atoms with E-state index >= 15 is 0 Å². The van der Waals surface area contributed by atoms with Gasteiger partial charge < -0.3 is 4.74 Å². The second-order valence-corrected chi connectivity index (χ2v) is 5.74. The Balaban J connectivity index is 0.000000488. The number of benzene rings is 2. The van der Waals surface area contributed by atoms with Crippen LogP contribution in [-0.2, 0) is 14.9 Å². The normalized spacial score (nSPS) is 9.83. The average molecular weight is 332 g/mol. The molecular formula is C21H29FO2. The van der Waals surface area contributed by atoms with Crippen LogP contribution in [-0.4, -0.2) is 13.1 Å². The minimum atomic E-state index is -0.816. The van der Waals surface area contributed by atoms with E-state index in [9.17, 15) is 9.18 Å². The molecule has 0 unspecified atom stereocenters. The number of rotatable bonds is 2. The van der Waals surface area contributed by atoms with Crippen molar-refractivity contribution in [3.63, 3.8) is 0 Å². The van der Waals surface area contributed by atoms with Gasteiger partial charge in [-0.2, -0.15) is 0 Å². The maximum Gasteiger partial charge on any atom is 0.315 e. The molecule has 2 aromatic rings. The van der Waals surface area contributed by atoms with Gasteiger partial charge in [-0.25, -0.2) is 4.39 Å². The van der Waals surface area contributed by atoms with E-state index < -0.39 is 5.41 Å². The van der Waals surface area contributed by atoms with E-state index in [0.29, 0.717) is 11.1 Å². The van der Waals surface area contributed by atoms with E-state index in [1.165, 1.54) is 18.7 Å². The number of carbonyl (C=O) groups excluding carboxylic acids is 1. The fourth-order valence-corrected chi connectivity index (χ4v) is 1.89. The summed E-state index contributed by atoms with van der Waals surface area (Å²) in [5.74, 6) is -0.671. The first kappa shape index (κ1) is 21.8. The maximum atomic E-state index is 13.3. The van der Waals surface area contributed by atoms with Gasteiger partial charge in [0.15, 0.2) is 0 Å². The Morgan fingerprint density at radius 2 is 1.54 bits per heavy atom. The lowest BCUT2D eigenvalue weighted by Crippen LogP contribution is -2.30. The molecule has 0 bridgehead atoms. The summed E-state index contributed by atoms with van der Waals surface area (Å²) in [7, 11) is 1.33. The van der Waals surface area contributed by atoms with Crippen LogP contribution in [0.15, 0.2) is 48.5 Å². The van der Waals surface area contributed by atoms with E-state index in [1.54, 1.807) is 32.9 Å². The van der Waals surface area contributed by atoms with Gasteiger partial charge in [-0.05, 0) is 44.9 Å². The van der Waals surface area contributed by atoms with E-state index in [4.69, 9.17) is 0 Å². The van der Waals surface area contributed by atoms with Crippen molar-refractivity contribution in [1.82, 2.24) is 0 Å². The monoisotopic (exact) mass is 332 g/mol. The molecule has 0 heterocycles. The highest BCUT2D eigenvalue weighted by molar-refractivity contribution is 5.82. The number of carbonyl (C=O) groups is 1. The Hall–Kier alpha value is -2.16. The molecule has 132 valence electrons. The molecule has 0 amide bonds. The van der Waals surface area contributed by atoms with Crippen molar-refractivity contribution in [2.45, 2.75) is 47.0 Å². The zero-order valence-corrected chi connectivity index (χ0v) is 15.8. The summed E-state index contributed by atoms with van der Waals surface area (Å²) < 4.78 is 18.0. The molecule has 0 N–H and O–H groups in total. The highest BCUT2D eigenvalue weighted by Crippen LogP contribution is 2.26. The van der Waals surface area contributed by atoms with E-state index in [0.717, 1.165) is 0 Å². The molecule has 2 nitrogen and oxygen atoms in total. The van der Waals surface area contributed by atoms with Gasteiger partial charge in [-0.1, -0.05) is 61.9 Å². The minimum Gasteiger partial charge on any atom is -0.468 e. The smallest absolute Gasteiger partial charge is 0.315 e. The van der Waals surface area contributed by atoms with Crippen molar-refractivity contribution in [1.29, 1.82) is 0 Å². The lowest BCUT2D eigenvalue weighted by molar-refractivity contribution is -0.146. The van der Waals surface area contributed by atoms with Crippen molar-refractivity contribution in [3.05, 3.63) is 71.0 Å². The third kappa shape index (κ3) is 6.53. The fourth-order valence-electron chi connectivity index (χ4n) is 1.89. The third-order valence-electron chi connectivity index (χ3n) is 3.53. The summed E-state index contributed by atoms with van der Waals surface area (Å²) in [6.45, 7) is 11.2. The lowest BCUT2D eigenvalue weighted by Gasteiger charge is -2.22. The summed E-state index contributed by atoms with van der Waals surface area (Å²) >= 11 is 0. The van der Waals surface area contributed by atoms with Crippen LogP contribution in [0, 0.1) is 19.7 Å². The van der Waals surface area contributed by atoms with Gasteiger partial charge in [0.1, 0.15) is 5.82 Å². The Morgan fingerprint density at radius 3 is 1.92 bits per heavy atom. The average Bonchev–Trinajstić information content (AvgIpc) is 2.59. The molecule has 0 aliphatic heterocycles. The zero-order chi connectivity index (χ0) is 18.8. The Morgan fingerprint density at radius 1 is 1.00 bits per heavy atom. The third-order valence-corrected chi connectivity index (χ3v) is 3.53. The molecule has 2 rings (SSSR count). The van der Waals surface area contributed by atoms with Crippen molar-refractivity contribution >= 4 is 5.97 Å². The second-order valence-electron chi connectivity index (χ2n) is 5.74. The molecule has 0 aromatic heterocycles. The van der Waals surface area contributed by atoms with Gasteiger partial charge in [0.25, 0.3) is 0 Å². The highest BCUT2D eigenvalue weighted by Gasteiger charge is 2.31.